The number of ether oxygens (including phenoxy) is 1. The van der Waals surface area contributed by atoms with Gasteiger partial charge in [0.2, 0.25) is 0 Å². The van der Waals surface area contributed by atoms with Crippen molar-refractivity contribution in [2.45, 2.75) is 19.7 Å². The Kier molecular flexibility index (Phi) is 7.09. The first kappa shape index (κ1) is 20.4. The molecule has 3 rings (SSSR count). The molecule has 0 aliphatic heterocycles. The first-order valence-electron chi connectivity index (χ1n) is 8.70. The Balaban J connectivity index is 1.60. The zero-order chi connectivity index (χ0) is 19.9. The first-order valence-corrected chi connectivity index (χ1v) is 9.87. The van der Waals surface area contributed by atoms with Gasteiger partial charge in [-0.25, -0.2) is 4.79 Å². The van der Waals surface area contributed by atoms with E-state index in [1.165, 1.54) is 0 Å². The Morgan fingerprint density at radius 2 is 1.64 bits per heavy atom. The van der Waals surface area contributed by atoms with Crippen molar-refractivity contribution in [2.75, 3.05) is 0 Å². The molecule has 144 valence electrons. The highest BCUT2D eigenvalue weighted by Gasteiger charge is 2.06. The molecule has 0 saturated carbocycles. The highest BCUT2D eigenvalue weighted by molar-refractivity contribution is 9.10. The monoisotopic (exact) mass is 459 g/mol. The van der Waals surface area contributed by atoms with E-state index in [9.17, 15) is 4.79 Å². The number of aromatic carboxylic acids is 1. The quantitative estimate of drug-likeness (QED) is 0.455. The Morgan fingerprint density at radius 3 is 2.32 bits per heavy atom. The summed E-state index contributed by atoms with van der Waals surface area (Å²) in [5.74, 6) is -0.108. The third-order valence-corrected chi connectivity index (χ3v) is 4.92. The highest BCUT2D eigenvalue weighted by atomic mass is 79.9. The fourth-order valence-electron chi connectivity index (χ4n) is 2.68. The van der Waals surface area contributed by atoms with Crippen molar-refractivity contribution in [2.24, 2.45) is 0 Å². The standard InChI is InChI=1S/C22H19BrClNO3/c23-19-7-10-21(28-14-16-3-8-20(24)9-4-16)18(11-19)13-25-12-15-1-5-17(6-2-15)22(26)27/h1-11,25H,12-14H2,(H,26,27). The molecular weight excluding hydrogens is 442 g/mol. The molecule has 2 N–H and O–H groups in total. The number of rotatable bonds is 8. The fourth-order valence-corrected chi connectivity index (χ4v) is 3.21. The van der Waals surface area contributed by atoms with Crippen LogP contribution in [-0.2, 0) is 19.7 Å². The number of carboxylic acid groups (broad SMARTS) is 1. The van der Waals surface area contributed by atoms with Gasteiger partial charge in [-0.15, -0.1) is 0 Å². The van der Waals surface area contributed by atoms with Crippen LogP contribution in [0.3, 0.4) is 0 Å². The van der Waals surface area contributed by atoms with Gasteiger partial charge in [-0.3, -0.25) is 0 Å². The van der Waals surface area contributed by atoms with E-state index in [0.29, 0.717) is 24.7 Å². The van der Waals surface area contributed by atoms with Crippen LogP contribution in [0, 0.1) is 0 Å². The summed E-state index contributed by atoms with van der Waals surface area (Å²) in [5.41, 5.74) is 3.38. The summed E-state index contributed by atoms with van der Waals surface area (Å²) in [6, 6.07) is 20.4. The summed E-state index contributed by atoms with van der Waals surface area (Å²) in [7, 11) is 0. The van der Waals surface area contributed by atoms with Crippen LogP contribution in [0.15, 0.2) is 71.2 Å². The maximum atomic E-state index is 10.9. The van der Waals surface area contributed by atoms with Crippen molar-refractivity contribution in [3.8, 4) is 5.75 Å². The maximum Gasteiger partial charge on any atom is 0.335 e. The molecule has 0 aliphatic rings. The van der Waals surface area contributed by atoms with Gasteiger partial charge >= 0.3 is 5.97 Å². The third-order valence-electron chi connectivity index (χ3n) is 4.18. The number of halogens is 2. The van der Waals surface area contributed by atoms with E-state index in [-0.39, 0.29) is 5.56 Å². The predicted molar refractivity (Wildman–Crippen MR) is 114 cm³/mol. The van der Waals surface area contributed by atoms with Crippen LogP contribution in [0.5, 0.6) is 5.75 Å². The number of carbonyl (C=O) groups is 1. The van der Waals surface area contributed by atoms with Gasteiger partial charge in [-0.1, -0.05) is 51.8 Å². The molecule has 0 aliphatic carbocycles. The molecule has 0 atom stereocenters. The van der Waals surface area contributed by atoms with Crippen LogP contribution in [-0.4, -0.2) is 11.1 Å². The Morgan fingerprint density at radius 1 is 0.964 bits per heavy atom. The highest BCUT2D eigenvalue weighted by Crippen LogP contribution is 2.24. The minimum absolute atomic E-state index is 0.286. The molecule has 0 heterocycles. The zero-order valence-electron chi connectivity index (χ0n) is 15.0. The molecule has 4 nitrogen and oxygen atoms in total. The smallest absolute Gasteiger partial charge is 0.335 e. The van der Waals surface area contributed by atoms with Crippen LogP contribution in [0.1, 0.15) is 27.0 Å². The Hall–Kier alpha value is -2.34. The minimum Gasteiger partial charge on any atom is -0.489 e. The lowest BCUT2D eigenvalue weighted by molar-refractivity contribution is 0.0697. The molecular formula is C22H19BrClNO3. The second-order valence-corrected chi connectivity index (χ2v) is 7.62. The lowest BCUT2D eigenvalue weighted by Gasteiger charge is -2.13. The summed E-state index contributed by atoms with van der Waals surface area (Å²) < 4.78 is 6.97. The van der Waals surface area contributed by atoms with Crippen LogP contribution >= 0.6 is 27.5 Å². The lowest BCUT2D eigenvalue weighted by atomic mass is 10.1. The average Bonchev–Trinajstić information content (AvgIpc) is 2.69. The second kappa shape index (κ2) is 9.73. The van der Waals surface area contributed by atoms with E-state index in [4.69, 9.17) is 21.4 Å². The van der Waals surface area contributed by atoms with Crippen molar-refractivity contribution in [1.82, 2.24) is 5.32 Å². The molecule has 0 aromatic heterocycles. The van der Waals surface area contributed by atoms with E-state index in [1.54, 1.807) is 12.1 Å². The van der Waals surface area contributed by atoms with Crippen molar-refractivity contribution in [3.63, 3.8) is 0 Å². The van der Waals surface area contributed by atoms with Gasteiger partial charge in [0.15, 0.2) is 0 Å². The van der Waals surface area contributed by atoms with Crippen LogP contribution in [0.2, 0.25) is 5.02 Å². The number of benzene rings is 3. The van der Waals surface area contributed by atoms with Crippen LogP contribution in [0.25, 0.3) is 0 Å². The van der Waals surface area contributed by atoms with E-state index >= 15 is 0 Å². The van der Waals surface area contributed by atoms with E-state index in [0.717, 1.165) is 26.9 Å². The molecule has 0 spiro atoms. The maximum absolute atomic E-state index is 10.9. The number of nitrogens with one attached hydrogen (secondary N) is 1. The van der Waals surface area contributed by atoms with E-state index in [2.05, 4.69) is 21.2 Å². The summed E-state index contributed by atoms with van der Waals surface area (Å²) in [6.07, 6.45) is 0. The van der Waals surface area contributed by atoms with Crippen LogP contribution in [0.4, 0.5) is 0 Å². The number of hydrogen-bond acceptors (Lipinski definition) is 3. The summed E-state index contributed by atoms with van der Waals surface area (Å²) >= 11 is 9.42. The van der Waals surface area contributed by atoms with Crippen molar-refractivity contribution in [3.05, 3.63) is 98.5 Å². The van der Waals surface area contributed by atoms with Gasteiger partial charge in [0.1, 0.15) is 12.4 Å². The number of carboxylic acids is 1. The molecule has 3 aromatic carbocycles. The predicted octanol–water partition coefficient (Wildman–Crippen LogP) is 5.67. The topological polar surface area (TPSA) is 58.6 Å². The van der Waals surface area contributed by atoms with E-state index in [1.807, 2.05) is 54.6 Å². The fraction of sp³-hybridized carbons (Fsp3) is 0.136. The Bertz CT molecular complexity index is 943. The third kappa shape index (κ3) is 5.83. The van der Waals surface area contributed by atoms with Gasteiger partial charge in [-0.2, -0.15) is 0 Å². The SMILES string of the molecule is O=C(O)c1ccc(CNCc2cc(Br)ccc2OCc2ccc(Cl)cc2)cc1. The molecule has 0 bridgehead atoms. The van der Waals surface area contributed by atoms with Crippen molar-refractivity contribution < 1.29 is 14.6 Å². The average molecular weight is 461 g/mol. The molecule has 0 unspecified atom stereocenters. The summed E-state index contributed by atoms with van der Waals surface area (Å²) in [4.78, 5) is 10.9. The molecule has 28 heavy (non-hydrogen) atoms. The van der Waals surface area contributed by atoms with Gasteiger partial charge in [0.05, 0.1) is 5.56 Å². The molecule has 6 heteroatoms. The van der Waals surface area contributed by atoms with Gasteiger partial charge in [-0.05, 0) is 53.6 Å². The largest absolute Gasteiger partial charge is 0.489 e. The number of hydrogen-bond donors (Lipinski definition) is 2. The zero-order valence-corrected chi connectivity index (χ0v) is 17.3. The molecule has 0 radical (unpaired) electrons. The molecule has 3 aromatic rings. The van der Waals surface area contributed by atoms with Crippen molar-refractivity contribution >= 4 is 33.5 Å². The minimum atomic E-state index is -0.920. The summed E-state index contributed by atoms with van der Waals surface area (Å²) in [5, 5.41) is 13.0. The molecule has 0 saturated heterocycles. The Labute approximate surface area is 177 Å². The normalized spacial score (nSPS) is 10.6. The van der Waals surface area contributed by atoms with Gasteiger partial charge in [0, 0.05) is 28.1 Å². The van der Waals surface area contributed by atoms with Gasteiger partial charge < -0.3 is 15.2 Å². The lowest BCUT2D eigenvalue weighted by Crippen LogP contribution is -2.14. The second-order valence-electron chi connectivity index (χ2n) is 6.27. The van der Waals surface area contributed by atoms with Crippen molar-refractivity contribution in [1.29, 1.82) is 0 Å². The summed E-state index contributed by atoms with van der Waals surface area (Å²) in [6.45, 7) is 1.71. The molecule has 0 amide bonds. The molecule has 0 fully saturated rings. The van der Waals surface area contributed by atoms with E-state index < -0.39 is 5.97 Å². The van der Waals surface area contributed by atoms with Gasteiger partial charge in [0.25, 0.3) is 0 Å². The van der Waals surface area contributed by atoms with Crippen LogP contribution < -0.4 is 10.1 Å². The first-order chi connectivity index (χ1) is 13.5.